The number of fused-ring (bicyclic) bond motifs is 1. The Balaban J connectivity index is 1.81. The molecular weight excluding hydrogens is 380 g/mol. The molecule has 0 saturated heterocycles. The van der Waals surface area contributed by atoms with Gasteiger partial charge in [-0.3, -0.25) is 4.79 Å². The van der Waals surface area contributed by atoms with Crippen molar-refractivity contribution in [2.75, 3.05) is 6.54 Å². The highest BCUT2D eigenvalue weighted by Crippen LogP contribution is 2.30. The number of nitrogens with zero attached hydrogens (tertiary/aromatic N) is 1. The second kappa shape index (κ2) is 8.99. The highest BCUT2D eigenvalue weighted by Gasteiger charge is 2.39. The molecule has 0 bridgehead atoms. The Labute approximate surface area is 165 Å². The summed E-state index contributed by atoms with van der Waals surface area (Å²) in [6.45, 7) is 2.96. The van der Waals surface area contributed by atoms with E-state index in [9.17, 15) is 13.2 Å². The van der Waals surface area contributed by atoms with E-state index in [0.29, 0.717) is 13.0 Å². The van der Waals surface area contributed by atoms with Gasteiger partial charge in [0.15, 0.2) is 0 Å². The predicted molar refractivity (Wildman–Crippen MR) is 108 cm³/mol. The number of sulfonamides is 1. The smallest absolute Gasteiger partial charge is 0.253 e. The minimum absolute atomic E-state index is 0.207. The molecule has 1 amide bonds. The molecule has 3 rings (SSSR count). The molecule has 0 saturated carbocycles. The molecule has 1 aromatic heterocycles. The number of benzene rings is 1. The molecule has 7 heteroatoms. The zero-order chi connectivity index (χ0) is 19.3. The van der Waals surface area contributed by atoms with E-state index in [2.05, 4.69) is 12.2 Å². The minimum Gasteiger partial charge on any atom is -0.355 e. The molecule has 1 unspecified atom stereocenters. The van der Waals surface area contributed by atoms with Crippen molar-refractivity contribution >= 4 is 27.3 Å². The molecule has 27 heavy (non-hydrogen) atoms. The first-order valence-corrected chi connectivity index (χ1v) is 11.8. The van der Waals surface area contributed by atoms with E-state index in [-0.39, 0.29) is 16.7 Å². The fourth-order valence-electron chi connectivity index (χ4n) is 3.38. The van der Waals surface area contributed by atoms with Gasteiger partial charge in [-0.05, 0) is 35.4 Å². The van der Waals surface area contributed by atoms with Crippen molar-refractivity contribution in [2.24, 2.45) is 0 Å². The molecule has 0 spiro atoms. The van der Waals surface area contributed by atoms with Crippen molar-refractivity contribution < 1.29 is 13.2 Å². The van der Waals surface area contributed by atoms with Crippen LogP contribution in [-0.2, 0) is 27.8 Å². The maximum atomic E-state index is 13.1. The summed E-state index contributed by atoms with van der Waals surface area (Å²) in [6, 6.07) is 10.4. The van der Waals surface area contributed by atoms with Gasteiger partial charge in [-0.25, -0.2) is 8.42 Å². The summed E-state index contributed by atoms with van der Waals surface area (Å²) >= 11 is 1.18. The van der Waals surface area contributed by atoms with E-state index >= 15 is 0 Å². The van der Waals surface area contributed by atoms with Crippen LogP contribution in [0.3, 0.4) is 0 Å². The second-order valence-electron chi connectivity index (χ2n) is 6.82. The van der Waals surface area contributed by atoms with Gasteiger partial charge < -0.3 is 5.32 Å². The third kappa shape index (κ3) is 4.59. The Bertz CT molecular complexity index is 863. The van der Waals surface area contributed by atoms with Crippen LogP contribution < -0.4 is 5.32 Å². The number of amides is 1. The van der Waals surface area contributed by atoms with Crippen molar-refractivity contribution in [3.63, 3.8) is 0 Å². The SMILES string of the molecule is CCCCCCNC(=O)C1Cc2ccccc2CN1S(=O)(=O)c1cccs1. The number of hydrogen-bond acceptors (Lipinski definition) is 4. The molecule has 1 N–H and O–H groups in total. The van der Waals surface area contributed by atoms with Crippen LogP contribution >= 0.6 is 11.3 Å². The maximum absolute atomic E-state index is 13.1. The van der Waals surface area contributed by atoms with Gasteiger partial charge in [0, 0.05) is 13.1 Å². The highest BCUT2D eigenvalue weighted by molar-refractivity contribution is 7.91. The Kier molecular flexibility index (Phi) is 6.68. The summed E-state index contributed by atoms with van der Waals surface area (Å²) in [5, 5.41) is 4.69. The largest absolute Gasteiger partial charge is 0.355 e. The van der Waals surface area contributed by atoms with Crippen LogP contribution in [0.15, 0.2) is 46.0 Å². The van der Waals surface area contributed by atoms with Gasteiger partial charge in [0.25, 0.3) is 10.0 Å². The number of carbonyl (C=O) groups is 1. The normalized spacial score (nSPS) is 17.4. The fourth-order valence-corrected chi connectivity index (χ4v) is 6.07. The van der Waals surface area contributed by atoms with E-state index in [0.717, 1.165) is 36.8 Å². The Hall–Kier alpha value is -1.70. The lowest BCUT2D eigenvalue weighted by molar-refractivity contribution is -0.125. The molecule has 1 atom stereocenters. The quantitative estimate of drug-likeness (QED) is 0.682. The summed E-state index contributed by atoms with van der Waals surface area (Å²) in [5.74, 6) is -0.207. The van der Waals surface area contributed by atoms with Gasteiger partial charge >= 0.3 is 0 Å². The number of rotatable bonds is 8. The van der Waals surface area contributed by atoms with Gasteiger partial charge in [-0.1, -0.05) is 56.5 Å². The Morgan fingerprint density at radius 2 is 1.93 bits per heavy atom. The van der Waals surface area contributed by atoms with Crippen LogP contribution in [0.4, 0.5) is 0 Å². The summed E-state index contributed by atoms with van der Waals surface area (Å²) in [7, 11) is -3.70. The summed E-state index contributed by atoms with van der Waals surface area (Å²) in [5.41, 5.74) is 2.01. The zero-order valence-electron chi connectivity index (χ0n) is 15.6. The van der Waals surface area contributed by atoms with Crippen LogP contribution in [-0.4, -0.2) is 31.2 Å². The third-order valence-electron chi connectivity index (χ3n) is 4.90. The summed E-state index contributed by atoms with van der Waals surface area (Å²) < 4.78 is 27.9. The number of carbonyl (C=O) groups excluding carboxylic acids is 1. The lowest BCUT2D eigenvalue weighted by Gasteiger charge is -2.34. The van der Waals surface area contributed by atoms with Crippen molar-refractivity contribution in [1.29, 1.82) is 0 Å². The number of thiophene rings is 1. The van der Waals surface area contributed by atoms with Crippen LogP contribution in [0, 0.1) is 0 Å². The van der Waals surface area contributed by atoms with Crippen molar-refractivity contribution in [2.45, 2.75) is 55.8 Å². The van der Waals surface area contributed by atoms with Crippen LogP contribution in [0.2, 0.25) is 0 Å². The highest BCUT2D eigenvalue weighted by atomic mass is 32.2. The number of unbranched alkanes of at least 4 members (excludes halogenated alkanes) is 3. The van der Waals surface area contributed by atoms with Gasteiger partial charge in [-0.15, -0.1) is 11.3 Å². The average molecular weight is 407 g/mol. The van der Waals surface area contributed by atoms with E-state index in [4.69, 9.17) is 0 Å². The van der Waals surface area contributed by atoms with E-state index < -0.39 is 16.1 Å². The monoisotopic (exact) mass is 406 g/mol. The molecular formula is C20H26N2O3S2. The molecule has 5 nitrogen and oxygen atoms in total. The topological polar surface area (TPSA) is 66.5 Å². The van der Waals surface area contributed by atoms with E-state index in [1.807, 2.05) is 24.3 Å². The lowest BCUT2D eigenvalue weighted by Crippen LogP contribution is -2.52. The van der Waals surface area contributed by atoms with Gasteiger partial charge in [0.1, 0.15) is 10.3 Å². The van der Waals surface area contributed by atoms with E-state index in [1.54, 1.807) is 17.5 Å². The molecule has 2 heterocycles. The first kappa shape index (κ1) is 20.0. The van der Waals surface area contributed by atoms with Crippen molar-refractivity contribution in [3.05, 3.63) is 52.9 Å². The lowest BCUT2D eigenvalue weighted by atomic mass is 9.95. The third-order valence-corrected chi connectivity index (χ3v) is 8.12. The molecule has 2 aromatic rings. The van der Waals surface area contributed by atoms with Gasteiger partial charge in [0.2, 0.25) is 5.91 Å². The zero-order valence-corrected chi connectivity index (χ0v) is 17.2. The van der Waals surface area contributed by atoms with Crippen molar-refractivity contribution in [3.8, 4) is 0 Å². The number of hydrogen-bond donors (Lipinski definition) is 1. The first-order chi connectivity index (χ1) is 13.0. The van der Waals surface area contributed by atoms with Gasteiger partial charge in [-0.2, -0.15) is 4.31 Å². The molecule has 1 aliphatic rings. The van der Waals surface area contributed by atoms with Crippen LogP contribution in [0.25, 0.3) is 0 Å². The standard InChI is InChI=1S/C20H26N2O3S2/c1-2-3-4-7-12-21-20(23)18-14-16-9-5-6-10-17(16)15-22(18)27(24,25)19-11-8-13-26-19/h5-6,8-11,13,18H,2-4,7,12,14-15H2,1H3,(H,21,23). The maximum Gasteiger partial charge on any atom is 0.253 e. The van der Waals surface area contributed by atoms with Crippen LogP contribution in [0.1, 0.15) is 43.7 Å². The van der Waals surface area contributed by atoms with Crippen LogP contribution in [0.5, 0.6) is 0 Å². The summed E-state index contributed by atoms with van der Waals surface area (Å²) in [6.07, 6.45) is 4.68. The predicted octanol–water partition coefficient (Wildman–Crippen LogP) is 3.56. The van der Waals surface area contributed by atoms with Gasteiger partial charge in [0.05, 0.1) is 0 Å². The molecule has 0 fully saturated rings. The fraction of sp³-hybridized carbons (Fsp3) is 0.450. The molecule has 0 aliphatic carbocycles. The molecule has 1 aliphatic heterocycles. The number of nitrogens with one attached hydrogen (secondary N) is 1. The van der Waals surface area contributed by atoms with E-state index in [1.165, 1.54) is 15.6 Å². The molecule has 1 aromatic carbocycles. The Morgan fingerprint density at radius 1 is 1.15 bits per heavy atom. The Morgan fingerprint density at radius 3 is 2.63 bits per heavy atom. The second-order valence-corrected chi connectivity index (χ2v) is 9.89. The summed E-state index contributed by atoms with van der Waals surface area (Å²) in [4.78, 5) is 12.9. The average Bonchev–Trinajstić information content (AvgIpc) is 3.22. The molecule has 146 valence electrons. The van der Waals surface area contributed by atoms with Crippen molar-refractivity contribution in [1.82, 2.24) is 9.62 Å². The first-order valence-electron chi connectivity index (χ1n) is 9.44. The molecule has 0 radical (unpaired) electrons. The minimum atomic E-state index is -3.70.